The smallest absolute Gasteiger partial charge is 0.264 e. The summed E-state index contributed by atoms with van der Waals surface area (Å²) in [6.45, 7) is 2.00. The molecule has 0 bridgehead atoms. The van der Waals surface area contributed by atoms with Crippen LogP contribution in [0.15, 0.2) is 29.0 Å². The number of fused-ring (bicyclic) bond motifs is 2. The van der Waals surface area contributed by atoms with E-state index in [0.717, 1.165) is 23.9 Å². The third-order valence-corrected chi connectivity index (χ3v) is 7.09. The predicted molar refractivity (Wildman–Crippen MR) is 127 cm³/mol. The maximum absolute atomic E-state index is 12.2. The molecule has 3 aromatic rings. The van der Waals surface area contributed by atoms with Crippen molar-refractivity contribution < 1.29 is 14.3 Å². The highest BCUT2D eigenvalue weighted by atomic mass is 79.9. The molecule has 3 heterocycles. The molecule has 33 heavy (non-hydrogen) atoms. The van der Waals surface area contributed by atoms with Gasteiger partial charge in [0.05, 0.1) is 16.8 Å². The number of nitrogens with one attached hydrogen (secondary N) is 2. The highest BCUT2D eigenvalue weighted by molar-refractivity contribution is 9.10. The summed E-state index contributed by atoms with van der Waals surface area (Å²) in [4.78, 5) is 34.9. The van der Waals surface area contributed by atoms with E-state index < -0.39 is 0 Å². The molecule has 2 amide bonds. The monoisotopic (exact) mass is 513 g/mol. The van der Waals surface area contributed by atoms with Gasteiger partial charge in [0.25, 0.3) is 5.91 Å². The summed E-state index contributed by atoms with van der Waals surface area (Å²) < 4.78 is 7.97. The molecule has 1 fully saturated rings. The largest absolute Gasteiger partial charge is 0.481 e. The Balaban J connectivity index is 1.45. The summed E-state index contributed by atoms with van der Waals surface area (Å²) in [5.41, 5.74) is 1.71. The van der Waals surface area contributed by atoms with Crippen molar-refractivity contribution in [1.82, 2.24) is 25.1 Å². The number of amides is 2. The Kier molecular flexibility index (Phi) is 5.23. The summed E-state index contributed by atoms with van der Waals surface area (Å²) in [6, 6.07) is 5.66. The van der Waals surface area contributed by atoms with Gasteiger partial charge in [-0.15, -0.1) is 0 Å². The number of anilines is 2. The summed E-state index contributed by atoms with van der Waals surface area (Å²) in [5, 5.41) is 11.5. The molecule has 11 heteroatoms. The number of likely N-dealkylation sites (N-methyl/N-ethyl adjacent to an activating group) is 1. The predicted octanol–water partition coefficient (Wildman–Crippen LogP) is 2.65. The van der Waals surface area contributed by atoms with Crippen molar-refractivity contribution in [1.29, 1.82) is 0 Å². The first-order valence-electron chi connectivity index (χ1n) is 10.7. The van der Waals surface area contributed by atoms with Gasteiger partial charge in [0.2, 0.25) is 11.9 Å². The molecular formula is C22H24BrN7O3. The number of hydrogen-bond acceptors (Lipinski definition) is 7. The van der Waals surface area contributed by atoms with E-state index >= 15 is 0 Å². The minimum atomic E-state index is -0.390. The average Bonchev–Trinajstić information content (AvgIpc) is 3.36. The van der Waals surface area contributed by atoms with Crippen LogP contribution in [-0.4, -0.2) is 58.3 Å². The molecule has 10 nitrogen and oxygen atoms in total. The second-order valence-corrected chi connectivity index (χ2v) is 9.50. The van der Waals surface area contributed by atoms with E-state index in [1.54, 1.807) is 29.9 Å². The van der Waals surface area contributed by atoms with Gasteiger partial charge in [-0.2, -0.15) is 10.1 Å². The number of hydrogen-bond donors (Lipinski definition) is 2. The second-order valence-electron chi connectivity index (χ2n) is 8.75. The average molecular weight is 514 g/mol. The first-order valence-corrected chi connectivity index (χ1v) is 11.5. The molecule has 172 valence electrons. The number of nitrogens with zero attached hydrogens (tertiary/aromatic N) is 5. The van der Waals surface area contributed by atoms with Gasteiger partial charge in [-0.3, -0.25) is 9.59 Å². The minimum Gasteiger partial charge on any atom is -0.481 e. The Bertz CT molecular complexity index is 1280. The van der Waals surface area contributed by atoms with Crippen LogP contribution in [0.25, 0.3) is 16.7 Å². The van der Waals surface area contributed by atoms with Crippen molar-refractivity contribution in [2.24, 2.45) is 5.41 Å². The third kappa shape index (κ3) is 3.69. The number of aromatic nitrogens is 4. The first kappa shape index (κ1) is 21.6. The lowest BCUT2D eigenvalue weighted by molar-refractivity contribution is -0.129. The molecule has 0 radical (unpaired) electrons. The Morgan fingerprint density at radius 1 is 1.36 bits per heavy atom. The zero-order valence-corrected chi connectivity index (χ0v) is 20.1. The van der Waals surface area contributed by atoms with E-state index in [1.165, 1.54) is 0 Å². The molecule has 0 saturated heterocycles. The first-order chi connectivity index (χ1) is 15.8. The maximum atomic E-state index is 12.2. The van der Waals surface area contributed by atoms with E-state index in [2.05, 4.69) is 36.6 Å². The van der Waals surface area contributed by atoms with Crippen molar-refractivity contribution >= 4 is 50.4 Å². The lowest BCUT2D eigenvalue weighted by Crippen LogP contribution is -2.35. The van der Waals surface area contributed by atoms with Crippen molar-refractivity contribution in [3.63, 3.8) is 0 Å². The Morgan fingerprint density at radius 3 is 2.97 bits per heavy atom. The van der Waals surface area contributed by atoms with Crippen LogP contribution in [0.2, 0.25) is 0 Å². The highest BCUT2D eigenvalue weighted by Crippen LogP contribution is 2.39. The van der Waals surface area contributed by atoms with Crippen LogP contribution >= 0.6 is 15.9 Å². The van der Waals surface area contributed by atoms with Crippen LogP contribution < -0.4 is 20.3 Å². The minimum absolute atomic E-state index is 0.00308. The summed E-state index contributed by atoms with van der Waals surface area (Å²) >= 11 is 3.50. The van der Waals surface area contributed by atoms with Gasteiger partial charge >= 0.3 is 0 Å². The van der Waals surface area contributed by atoms with Crippen LogP contribution in [0.3, 0.4) is 0 Å². The lowest BCUT2D eigenvalue weighted by atomic mass is 9.87. The van der Waals surface area contributed by atoms with Crippen LogP contribution in [-0.2, 0) is 9.59 Å². The lowest BCUT2D eigenvalue weighted by Gasteiger charge is -2.26. The van der Waals surface area contributed by atoms with Gasteiger partial charge in [0, 0.05) is 37.8 Å². The molecule has 2 N–H and O–H groups in total. The molecule has 5 rings (SSSR count). The number of carbonyl (C=O) groups excluding carboxylic acids is 2. The molecular weight excluding hydrogens is 490 g/mol. The highest BCUT2D eigenvalue weighted by Gasteiger charge is 2.41. The topological polar surface area (TPSA) is 114 Å². The fourth-order valence-corrected chi connectivity index (χ4v) is 5.01. The van der Waals surface area contributed by atoms with E-state index in [0.29, 0.717) is 34.1 Å². The van der Waals surface area contributed by atoms with Gasteiger partial charge in [0.15, 0.2) is 12.3 Å². The summed E-state index contributed by atoms with van der Waals surface area (Å²) in [6.07, 6.45) is 4.11. The second kappa shape index (κ2) is 7.98. The van der Waals surface area contributed by atoms with Crippen LogP contribution in [0.5, 0.6) is 5.75 Å². The molecule has 1 aliphatic heterocycles. The quantitative estimate of drug-likeness (QED) is 0.550. The molecule has 2 atom stereocenters. The summed E-state index contributed by atoms with van der Waals surface area (Å²) in [7, 11) is 3.40. The fourth-order valence-electron chi connectivity index (χ4n) is 4.57. The fraction of sp³-hybridized carbons (Fsp3) is 0.409. The molecule has 1 aliphatic carbocycles. The van der Waals surface area contributed by atoms with Crippen LogP contribution in [0.1, 0.15) is 26.2 Å². The SMILES string of the molecule is CNC(=O)[C@]1(C)CC[C@@H](Nc2ncc3c(Br)nn(-c4ccc5c(c4)OCC(=O)N5C)c3n2)C1. The van der Waals surface area contributed by atoms with E-state index in [9.17, 15) is 9.59 Å². The van der Waals surface area contributed by atoms with E-state index in [4.69, 9.17) is 9.72 Å². The zero-order chi connectivity index (χ0) is 23.3. The molecule has 0 spiro atoms. The Morgan fingerprint density at radius 2 is 2.18 bits per heavy atom. The Hall–Kier alpha value is -3.21. The van der Waals surface area contributed by atoms with Gasteiger partial charge in [-0.1, -0.05) is 6.92 Å². The van der Waals surface area contributed by atoms with Crippen LogP contribution in [0, 0.1) is 5.41 Å². The van der Waals surface area contributed by atoms with Gasteiger partial charge in [-0.05, 0) is 47.3 Å². The maximum Gasteiger partial charge on any atom is 0.264 e. The number of halogens is 1. The van der Waals surface area contributed by atoms with Crippen molar-refractivity contribution in [2.45, 2.75) is 32.2 Å². The van der Waals surface area contributed by atoms with E-state index in [-0.39, 0.29) is 29.9 Å². The molecule has 1 aromatic carbocycles. The number of benzene rings is 1. The van der Waals surface area contributed by atoms with E-state index in [1.807, 2.05) is 25.1 Å². The molecule has 2 aromatic heterocycles. The van der Waals surface area contributed by atoms with Gasteiger partial charge < -0.3 is 20.3 Å². The molecule has 0 unspecified atom stereocenters. The number of ether oxygens (including phenoxy) is 1. The normalized spacial score (nSPS) is 22.2. The third-order valence-electron chi connectivity index (χ3n) is 6.50. The number of carbonyl (C=O) groups is 2. The van der Waals surface area contributed by atoms with Crippen LogP contribution in [0.4, 0.5) is 11.6 Å². The molecule has 1 saturated carbocycles. The number of rotatable bonds is 4. The zero-order valence-electron chi connectivity index (χ0n) is 18.6. The van der Waals surface area contributed by atoms with Crippen molar-refractivity contribution in [2.75, 3.05) is 30.9 Å². The van der Waals surface area contributed by atoms with Gasteiger partial charge in [-0.25, -0.2) is 9.67 Å². The van der Waals surface area contributed by atoms with Crippen molar-refractivity contribution in [3.8, 4) is 11.4 Å². The summed E-state index contributed by atoms with van der Waals surface area (Å²) in [5.74, 6) is 1.07. The van der Waals surface area contributed by atoms with Crippen molar-refractivity contribution in [3.05, 3.63) is 29.0 Å². The molecule has 2 aliphatic rings. The van der Waals surface area contributed by atoms with Gasteiger partial charge in [0.1, 0.15) is 10.4 Å². The standard InChI is InChI=1S/C22H24BrN7O3/c1-22(20(32)24-2)7-6-12(9-22)26-21-25-10-14-18(23)28-30(19(14)27-21)13-4-5-15-16(8-13)33-11-17(31)29(15)3/h4-5,8,10,12H,6-7,9,11H2,1-3H3,(H,24,32)(H,25,26,27)/t12-,22-/m1/s1. The Labute approximate surface area is 198 Å².